The van der Waals surface area contributed by atoms with Crippen molar-refractivity contribution in [3.8, 4) is 0 Å². The van der Waals surface area contributed by atoms with Crippen LogP contribution in [0.1, 0.15) is 49.4 Å². The fraction of sp³-hybridized carbons (Fsp3) is 0.400. The van der Waals surface area contributed by atoms with Gasteiger partial charge in [-0.25, -0.2) is 17.8 Å². The van der Waals surface area contributed by atoms with Crippen LogP contribution in [0.2, 0.25) is 0 Å². The average molecular weight is 623 g/mol. The molecule has 2 N–H and O–H groups in total. The Morgan fingerprint density at radius 2 is 1.81 bits per heavy atom. The molecule has 2 aromatic carbocycles. The van der Waals surface area contributed by atoms with Crippen LogP contribution in [0.5, 0.6) is 0 Å². The van der Waals surface area contributed by atoms with E-state index in [1.807, 2.05) is 41.8 Å². The Hall–Kier alpha value is -3.65. The number of para-hydroxylation sites is 1. The second-order valence-electron chi connectivity index (χ2n) is 10.9. The van der Waals surface area contributed by atoms with Gasteiger partial charge in [-0.05, 0) is 73.5 Å². The molecule has 2 unspecified atom stereocenters. The lowest BCUT2D eigenvalue weighted by atomic mass is 10.1. The number of hydrogen-bond donors (Lipinski definition) is 2. The molecule has 1 saturated carbocycles. The molecule has 2 aromatic heterocycles. The third-order valence-corrected chi connectivity index (χ3v) is 10.3. The van der Waals surface area contributed by atoms with Crippen molar-refractivity contribution in [1.29, 1.82) is 0 Å². The Labute approximate surface area is 254 Å². The fourth-order valence-corrected chi connectivity index (χ4v) is 7.60. The van der Waals surface area contributed by atoms with E-state index in [-0.39, 0.29) is 41.9 Å². The van der Waals surface area contributed by atoms with Crippen molar-refractivity contribution in [2.75, 3.05) is 18.1 Å². The van der Waals surface area contributed by atoms with Gasteiger partial charge in [-0.15, -0.1) is 16.4 Å². The summed E-state index contributed by atoms with van der Waals surface area (Å²) in [5.41, 5.74) is 1.74. The van der Waals surface area contributed by atoms with E-state index in [1.165, 1.54) is 33.1 Å². The van der Waals surface area contributed by atoms with Crippen molar-refractivity contribution in [2.45, 2.75) is 68.2 Å². The third kappa shape index (κ3) is 6.64. The number of fused-ring (bicyclic) bond motifs is 1. The zero-order valence-corrected chi connectivity index (χ0v) is 25.2. The zero-order valence-electron chi connectivity index (χ0n) is 23.6. The molecule has 1 aliphatic carbocycles. The number of nitrogens with one attached hydrogen (secondary N) is 2. The second kappa shape index (κ2) is 12.9. The molecule has 1 saturated heterocycles. The van der Waals surface area contributed by atoms with Crippen molar-refractivity contribution < 1.29 is 22.7 Å². The molecule has 2 amide bonds. The lowest BCUT2D eigenvalue weighted by Gasteiger charge is -2.31. The molecule has 1 aliphatic heterocycles. The van der Waals surface area contributed by atoms with Crippen LogP contribution in [0.4, 0.5) is 5.69 Å². The number of benzene rings is 2. The summed E-state index contributed by atoms with van der Waals surface area (Å²) in [7, 11) is -3.80. The zero-order chi connectivity index (χ0) is 29.8. The van der Waals surface area contributed by atoms with Crippen molar-refractivity contribution in [3.05, 3.63) is 70.9 Å². The molecule has 0 bridgehead atoms. The van der Waals surface area contributed by atoms with Gasteiger partial charge in [0.1, 0.15) is 18.1 Å². The number of hydrogen-bond acceptors (Lipinski definition) is 8. The van der Waals surface area contributed by atoms with Gasteiger partial charge in [-0.2, -0.15) is 0 Å². The second-order valence-corrected chi connectivity index (χ2v) is 13.6. The molecule has 43 heavy (non-hydrogen) atoms. The van der Waals surface area contributed by atoms with Gasteiger partial charge in [-0.3, -0.25) is 14.5 Å². The predicted molar refractivity (Wildman–Crippen MR) is 163 cm³/mol. The SMILES string of the molecule is O=C(NC1CCCC1)C(c1cccs1)N(C(=O)Cn1nnc2ccccc21)c1ccc(S(=O)(=O)NCC2CCCO2)cc1. The van der Waals surface area contributed by atoms with Crippen LogP contribution in [0.3, 0.4) is 0 Å². The maximum absolute atomic E-state index is 14.2. The topological polar surface area (TPSA) is 136 Å². The molecule has 2 fully saturated rings. The van der Waals surface area contributed by atoms with Crippen LogP contribution in [-0.4, -0.2) is 60.5 Å². The van der Waals surface area contributed by atoms with Crippen LogP contribution in [0, 0.1) is 0 Å². The highest BCUT2D eigenvalue weighted by Crippen LogP contribution is 2.33. The van der Waals surface area contributed by atoms with Gasteiger partial charge in [0.2, 0.25) is 21.8 Å². The third-order valence-electron chi connectivity index (χ3n) is 7.94. The van der Waals surface area contributed by atoms with Crippen LogP contribution in [0.15, 0.2) is 70.9 Å². The van der Waals surface area contributed by atoms with Gasteiger partial charge >= 0.3 is 0 Å². The van der Waals surface area contributed by atoms with Crippen molar-refractivity contribution in [1.82, 2.24) is 25.0 Å². The van der Waals surface area contributed by atoms with E-state index in [9.17, 15) is 18.0 Å². The van der Waals surface area contributed by atoms with E-state index in [0.717, 1.165) is 38.5 Å². The Morgan fingerprint density at radius 3 is 2.53 bits per heavy atom. The van der Waals surface area contributed by atoms with Gasteiger partial charge in [-0.1, -0.05) is 36.3 Å². The molecule has 6 rings (SSSR count). The van der Waals surface area contributed by atoms with Gasteiger partial charge in [0.05, 0.1) is 16.5 Å². The van der Waals surface area contributed by atoms with Crippen LogP contribution >= 0.6 is 11.3 Å². The molecular formula is C30H34N6O5S2. The largest absolute Gasteiger partial charge is 0.377 e. The van der Waals surface area contributed by atoms with Gasteiger partial charge in [0.15, 0.2) is 0 Å². The summed E-state index contributed by atoms with van der Waals surface area (Å²) in [6.07, 6.45) is 5.48. The summed E-state index contributed by atoms with van der Waals surface area (Å²) in [6.45, 7) is 0.666. The number of nitrogens with zero attached hydrogens (tertiary/aromatic N) is 4. The maximum Gasteiger partial charge on any atom is 0.249 e. The van der Waals surface area contributed by atoms with Gasteiger partial charge < -0.3 is 10.1 Å². The predicted octanol–water partition coefficient (Wildman–Crippen LogP) is 3.78. The van der Waals surface area contributed by atoms with Crippen molar-refractivity contribution in [2.24, 2.45) is 0 Å². The summed E-state index contributed by atoms with van der Waals surface area (Å²) < 4.78 is 35.7. The number of anilines is 1. The first-order chi connectivity index (χ1) is 20.9. The molecule has 11 nitrogen and oxygen atoms in total. The summed E-state index contributed by atoms with van der Waals surface area (Å²) >= 11 is 1.39. The molecule has 0 radical (unpaired) electrons. The first-order valence-corrected chi connectivity index (χ1v) is 16.9. The van der Waals surface area contributed by atoms with Crippen LogP contribution in [-0.2, 0) is 30.9 Å². The van der Waals surface area contributed by atoms with Crippen molar-refractivity contribution in [3.63, 3.8) is 0 Å². The highest BCUT2D eigenvalue weighted by Gasteiger charge is 2.35. The minimum Gasteiger partial charge on any atom is -0.377 e. The first-order valence-electron chi connectivity index (χ1n) is 14.5. The number of rotatable bonds is 11. The number of carbonyl (C=O) groups excluding carboxylic acids is 2. The first kappa shape index (κ1) is 29.4. The molecule has 3 heterocycles. The van der Waals surface area contributed by atoms with Crippen molar-refractivity contribution >= 4 is 49.9 Å². The number of amides is 2. The smallest absolute Gasteiger partial charge is 0.249 e. The number of aromatic nitrogens is 3. The van der Waals surface area contributed by atoms with E-state index in [2.05, 4.69) is 20.4 Å². The normalized spacial score (nSPS) is 18.2. The van der Waals surface area contributed by atoms with Gasteiger partial charge in [0, 0.05) is 29.8 Å². The number of carbonyl (C=O) groups is 2. The number of ether oxygens (including phenoxy) is 1. The summed E-state index contributed by atoms with van der Waals surface area (Å²) in [6, 6.07) is 16.2. The highest BCUT2D eigenvalue weighted by atomic mass is 32.2. The Balaban J connectivity index is 1.33. The number of thiophene rings is 1. The number of sulfonamides is 1. The summed E-state index contributed by atoms with van der Waals surface area (Å²) in [4.78, 5) is 30.3. The van der Waals surface area contributed by atoms with E-state index >= 15 is 0 Å². The molecule has 0 spiro atoms. The van der Waals surface area contributed by atoms with E-state index < -0.39 is 16.1 Å². The fourth-order valence-electron chi connectivity index (χ4n) is 5.72. The standard InChI is InChI=1S/C30H34N6O5S2/c37-28(20-35-26-11-4-3-10-25(26)33-34-35)36(29(27-12-6-18-42-27)30(38)32-21-7-1-2-8-21)22-13-15-24(16-14-22)43(39,40)31-19-23-9-5-17-41-23/h3-4,6,10-16,18,21,23,29,31H,1-2,5,7-9,17,19-20H2,(H,32,38). The van der Waals surface area contributed by atoms with E-state index in [0.29, 0.717) is 28.2 Å². The molecule has 2 atom stereocenters. The Morgan fingerprint density at radius 1 is 1.02 bits per heavy atom. The van der Waals surface area contributed by atoms with Gasteiger partial charge in [0.25, 0.3) is 0 Å². The summed E-state index contributed by atoms with van der Waals surface area (Å²) in [5.74, 6) is -0.663. The Kier molecular flexibility index (Phi) is 8.84. The molecule has 2 aliphatic rings. The Bertz CT molecular complexity index is 1660. The van der Waals surface area contributed by atoms with Crippen LogP contribution in [0.25, 0.3) is 11.0 Å². The van der Waals surface area contributed by atoms with Crippen LogP contribution < -0.4 is 14.9 Å². The molecule has 13 heteroatoms. The van der Waals surface area contributed by atoms with E-state index in [4.69, 9.17) is 4.74 Å². The quantitative estimate of drug-likeness (QED) is 0.260. The highest BCUT2D eigenvalue weighted by molar-refractivity contribution is 7.89. The minimum atomic E-state index is -3.80. The molecule has 4 aromatic rings. The minimum absolute atomic E-state index is 0.0496. The lowest BCUT2D eigenvalue weighted by molar-refractivity contribution is -0.127. The maximum atomic E-state index is 14.2. The average Bonchev–Trinajstić information content (AvgIpc) is 3.84. The monoisotopic (exact) mass is 622 g/mol. The van der Waals surface area contributed by atoms with E-state index in [1.54, 1.807) is 12.1 Å². The molecular weight excluding hydrogens is 589 g/mol. The lowest BCUT2D eigenvalue weighted by Crippen LogP contribution is -2.47. The molecule has 226 valence electrons. The summed E-state index contributed by atoms with van der Waals surface area (Å²) in [5, 5.41) is 13.4.